The maximum Gasteiger partial charge on any atom is 0.260 e. The van der Waals surface area contributed by atoms with E-state index in [4.69, 9.17) is 16.6 Å². The molecule has 0 saturated carbocycles. The Bertz CT molecular complexity index is 1700. The largest absolute Gasteiger partial charge is 0.369 e. The first-order valence-electron chi connectivity index (χ1n) is 14.5. The van der Waals surface area contributed by atoms with Crippen LogP contribution in [0.25, 0.3) is 22.2 Å². The van der Waals surface area contributed by atoms with Crippen molar-refractivity contribution in [2.75, 3.05) is 56.5 Å². The number of piperazine rings is 1. The zero-order chi connectivity index (χ0) is 29.4. The molecule has 2 aromatic heterocycles. The number of aryl methyl sites for hydroxylation is 2. The van der Waals surface area contributed by atoms with Crippen LogP contribution in [-0.2, 0) is 4.79 Å². The Balaban J connectivity index is 1.42. The number of piperidine rings is 1. The Morgan fingerprint density at radius 2 is 1.83 bits per heavy atom. The van der Waals surface area contributed by atoms with E-state index >= 15 is 0 Å². The first-order chi connectivity index (χ1) is 20.3. The fraction of sp³-hybridized carbons (Fsp3) is 0.375. The van der Waals surface area contributed by atoms with Gasteiger partial charge in [0.25, 0.3) is 5.56 Å². The number of likely N-dealkylation sites (tertiary alicyclic amines) is 1. The van der Waals surface area contributed by atoms with E-state index in [1.54, 1.807) is 21.7 Å². The van der Waals surface area contributed by atoms with Gasteiger partial charge in [-0.3, -0.25) is 14.2 Å². The average molecular weight is 586 g/mol. The van der Waals surface area contributed by atoms with Gasteiger partial charge in [0.15, 0.2) is 0 Å². The van der Waals surface area contributed by atoms with Crippen LogP contribution in [0, 0.1) is 13.8 Å². The molecule has 1 unspecified atom stereocenters. The molecule has 2 aliphatic heterocycles. The third-order valence-corrected chi connectivity index (χ3v) is 8.92. The number of halogens is 1. The van der Waals surface area contributed by atoms with Gasteiger partial charge in [-0.05, 0) is 69.1 Å². The van der Waals surface area contributed by atoms with E-state index in [0.717, 1.165) is 62.1 Å². The summed E-state index contributed by atoms with van der Waals surface area (Å²) in [5.41, 5.74) is 5.68. The highest BCUT2D eigenvalue weighted by Gasteiger charge is 2.27. The number of fused-ring (bicyclic) bond motifs is 1. The van der Waals surface area contributed by atoms with Crippen LogP contribution in [0.1, 0.15) is 30.0 Å². The SMILES string of the molecule is Cc1cc(Nc2ncc3c(C)c(-c4ccccc4Cl)c(=O)n(C4CCCN(C=O)C4)c3n2)ccc1N1CCN(C)CC1. The third kappa shape index (κ3) is 5.34. The number of pyridine rings is 1. The number of nitrogens with zero attached hydrogens (tertiary/aromatic N) is 6. The topological polar surface area (TPSA) is 86.6 Å². The van der Waals surface area contributed by atoms with Crippen molar-refractivity contribution < 1.29 is 4.79 Å². The lowest BCUT2D eigenvalue weighted by Crippen LogP contribution is -2.44. The minimum Gasteiger partial charge on any atom is -0.369 e. The third-order valence-electron chi connectivity index (χ3n) is 8.59. The minimum atomic E-state index is -0.214. The number of amides is 1. The Kier molecular flexibility index (Phi) is 7.88. The summed E-state index contributed by atoms with van der Waals surface area (Å²) in [5, 5.41) is 4.65. The maximum atomic E-state index is 14.3. The van der Waals surface area contributed by atoms with Crippen LogP contribution in [-0.4, -0.2) is 77.1 Å². The predicted molar refractivity (Wildman–Crippen MR) is 169 cm³/mol. The molecule has 2 fully saturated rings. The molecule has 1 amide bonds. The van der Waals surface area contributed by atoms with Gasteiger partial charge in [-0.15, -0.1) is 0 Å². The zero-order valence-electron chi connectivity index (χ0n) is 24.3. The van der Waals surface area contributed by atoms with Crippen molar-refractivity contribution in [2.24, 2.45) is 0 Å². The number of hydrogen-bond donors (Lipinski definition) is 1. The van der Waals surface area contributed by atoms with Crippen molar-refractivity contribution >= 4 is 46.4 Å². The number of benzene rings is 2. The Morgan fingerprint density at radius 3 is 2.57 bits per heavy atom. The molecule has 4 aromatic rings. The predicted octanol–water partition coefficient (Wildman–Crippen LogP) is 5.02. The minimum absolute atomic E-state index is 0.164. The Labute approximate surface area is 250 Å². The molecule has 9 nitrogen and oxygen atoms in total. The van der Waals surface area contributed by atoms with Crippen LogP contribution in [0.2, 0.25) is 5.02 Å². The van der Waals surface area contributed by atoms with Crippen LogP contribution < -0.4 is 15.8 Å². The lowest BCUT2D eigenvalue weighted by Gasteiger charge is -2.35. The molecule has 42 heavy (non-hydrogen) atoms. The second kappa shape index (κ2) is 11.7. The average Bonchev–Trinajstić information content (AvgIpc) is 2.99. The van der Waals surface area contributed by atoms with E-state index in [1.165, 1.54) is 11.3 Å². The summed E-state index contributed by atoms with van der Waals surface area (Å²) < 4.78 is 1.76. The van der Waals surface area contributed by atoms with Gasteiger partial charge in [0.2, 0.25) is 12.4 Å². The van der Waals surface area contributed by atoms with E-state index in [-0.39, 0.29) is 11.6 Å². The summed E-state index contributed by atoms with van der Waals surface area (Å²) >= 11 is 6.58. The standard InChI is InChI=1S/C32H36ClN7O2/c1-21-17-23(10-11-28(21)39-15-13-37(3)14-16-39)35-32-34-18-26-22(2)29(25-8-4-5-9-27(25)33)31(42)40(30(26)36-32)24-7-6-12-38(19-24)20-41/h4-5,8-11,17-18,20,24H,6-7,12-16,19H2,1-3H3,(H,34,35,36). The highest BCUT2D eigenvalue weighted by Crippen LogP contribution is 2.34. The van der Waals surface area contributed by atoms with Gasteiger partial charge >= 0.3 is 0 Å². The summed E-state index contributed by atoms with van der Waals surface area (Å²) in [5.74, 6) is 0.412. The normalized spacial score (nSPS) is 18.0. The monoisotopic (exact) mass is 585 g/mol. The van der Waals surface area contributed by atoms with Crippen molar-refractivity contribution in [1.29, 1.82) is 0 Å². The van der Waals surface area contributed by atoms with Crippen molar-refractivity contribution in [3.8, 4) is 11.1 Å². The number of aromatic nitrogens is 3. The fourth-order valence-electron chi connectivity index (χ4n) is 6.27. The van der Waals surface area contributed by atoms with Crippen molar-refractivity contribution in [1.82, 2.24) is 24.3 Å². The van der Waals surface area contributed by atoms with Gasteiger partial charge in [0.1, 0.15) is 5.65 Å². The van der Waals surface area contributed by atoms with E-state index in [0.29, 0.717) is 40.8 Å². The van der Waals surface area contributed by atoms with Gasteiger partial charge in [-0.2, -0.15) is 4.98 Å². The summed E-state index contributed by atoms with van der Waals surface area (Å²) in [6, 6.07) is 13.5. The molecule has 0 radical (unpaired) electrons. The molecular weight excluding hydrogens is 550 g/mol. The number of carbonyl (C=O) groups excluding carboxylic acids is 1. The first-order valence-corrected chi connectivity index (χ1v) is 14.9. The molecule has 2 aromatic carbocycles. The highest BCUT2D eigenvalue weighted by atomic mass is 35.5. The van der Waals surface area contributed by atoms with Gasteiger partial charge < -0.3 is 20.0 Å². The highest BCUT2D eigenvalue weighted by molar-refractivity contribution is 6.33. The second-order valence-corrected chi connectivity index (χ2v) is 11.8. The van der Waals surface area contributed by atoms with Gasteiger partial charge in [0, 0.05) is 72.8 Å². The molecule has 218 valence electrons. The van der Waals surface area contributed by atoms with E-state index in [2.05, 4.69) is 52.3 Å². The van der Waals surface area contributed by atoms with E-state index in [1.807, 2.05) is 25.1 Å². The van der Waals surface area contributed by atoms with Crippen LogP contribution in [0.5, 0.6) is 0 Å². The Morgan fingerprint density at radius 1 is 1.05 bits per heavy atom. The number of rotatable bonds is 6. The van der Waals surface area contributed by atoms with Crippen LogP contribution in [0.15, 0.2) is 53.5 Å². The number of likely N-dealkylation sites (N-methyl/N-ethyl adjacent to an activating group) is 1. The number of hydrogen-bond acceptors (Lipinski definition) is 7. The zero-order valence-corrected chi connectivity index (χ0v) is 25.1. The van der Waals surface area contributed by atoms with Gasteiger partial charge in [0.05, 0.1) is 11.6 Å². The quantitative estimate of drug-likeness (QED) is 0.318. The fourth-order valence-corrected chi connectivity index (χ4v) is 6.50. The van der Waals surface area contributed by atoms with Crippen molar-refractivity contribution in [2.45, 2.75) is 32.7 Å². The molecule has 2 saturated heterocycles. The molecule has 2 aliphatic rings. The molecule has 10 heteroatoms. The van der Waals surface area contributed by atoms with Crippen molar-refractivity contribution in [3.05, 3.63) is 75.2 Å². The second-order valence-electron chi connectivity index (χ2n) is 11.4. The van der Waals surface area contributed by atoms with Crippen LogP contribution in [0.4, 0.5) is 17.3 Å². The Hall–Kier alpha value is -3.95. The van der Waals surface area contributed by atoms with Crippen LogP contribution in [0.3, 0.4) is 0 Å². The van der Waals surface area contributed by atoms with Crippen molar-refractivity contribution in [3.63, 3.8) is 0 Å². The first kappa shape index (κ1) is 28.2. The number of nitrogens with one attached hydrogen (secondary N) is 1. The van der Waals surface area contributed by atoms with Crippen LogP contribution >= 0.6 is 11.6 Å². The van der Waals surface area contributed by atoms with E-state index < -0.39 is 0 Å². The molecule has 1 N–H and O–H groups in total. The number of anilines is 3. The number of carbonyl (C=O) groups is 1. The summed E-state index contributed by atoms with van der Waals surface area (Å²) in [6.07, 6.45) is 4.21. The summed E-state index contributed by atoms with van der Waals surface area (Å²) in [4.78, 5) is 42.0. The summed E-state index contributed by atoms with van der Waals surface area (Å²) in [7, 11) is 2.16. The molecule has 0 bridgehead atoms. The molecule has 0 aliphatic carbocycles. The lowest BCUT2D eigenvalue weighted by atomic mass is 9.98. The molecule has 6 rings (SSSR count). The lowest BCUT2D eigenvalue weighted by molar-refractivity contribution is -0.119. The summed E-state index contributed by atoms with van der Waals surface area (Å²) in [6.45, 7) is 9.29. The molecule has 1 atom stereocenters. The molecular formula is C32H36ClN7O2. The molecule has 4 heterocycles. The smallest absolute Gasteiger partial charge is 0.260 e. The van der Waals surface area contributed by atoms with Gasteiger partial charge in [-0.25, -0.2) is 4.98 Å². The maximum absolute atomic E-state index is 14.3. The molecule has 0 spiro atoms. The van der Waals surface area contributed by atoms with Gasteiger partial charge in [-0.1, -0.05) is 29.8 Å². The van der Waals surface area contributed by atoms with E-state index in [9.17, 15) is 9.59 Å².